The van der Waals surface area contributed by atoms with Crippen molar-refractivity contribution in [2.45, 2.75) is 4.90 Å². The smallest absolute Gasteiger partial charge is 0.352 e. The van der Waals surface area contributed by atoms with Crippen LogP contribution < -0.4 is 4.72 Å². The number of carbonyl (C=O) groups is 1. The minimum Gasteiger partial charge on any atom is -0.477 e. The molecule has 0 fully saturated rings. The average molecular weight is 337 g/mol. The fourth-order valence-electron chi connectivity index (χ4n) is 1.28. The Morgan fingerprint density at radius 2 is 1.90 bits per heavy atom. The van der Waals surface area contributed by atoms with E-state index in [1.807, 2.05) is 0 Å². The lowest BCUT2D eigenvalue weighted by Crippen LogP contribution is -2.13. The maximum atomic E-state index is 12.0. The summed E-state index contributed by atoms with van der Waals surface area (Å²) >= 11 is 11.4. The van der Waals surface area contributed by atoms with E-state index in [1.54, 1.807) is 0 Å². The topological polar surface area (TPSA) is 125 Å². The second-order valence-electron chi connectivity index (χ2n) is 3.49. The number of aromatic amines is 1. The van der Waals surface area contributed by atoms with Gasteiger partial charge in [0.05, 0.1) is 0 Å². The Balaban J connectivity index is 2.38. The quantitative estimate of drug-likeness (QED) is 0.728. The van der Waals surface area contributed by atoms with Gasteiger partial charge in [0, 0.05) is 6.20 Å². The Morgan fingerprint density at radius 3 is 2.40 bits per heavy atom. The van der Waals surface area contributed by atoms with Crippen molar-refractivity contribution >= 4 is 44.9 Å². The number of carboxylic acids is 1. The molecule has 0 aliphatic heterocycles. The summed E-state index contributed by atoms with van der Waals surface area (Å²) in [5, 5.41) is 8.38. The predicted octanol–water partition coefficient (Wildman–Crippen LogP) is 1.61. The highest BCUT2D eigenvalue weighted by molar-refractivity contribution is 7.92. The van der Waals surface area contributed by atoms with Gasteiger partial charge in [0.1, 0.15) is 22.6 Å². The number of aromatic nitrogens is 3. The van der Waals surface area contributed by atoms with Gasteiger partial charge in [-0.3, -0.25) is 4.72 Å². The molecule has 0 spiro atoms. The largest absolute Gasteiger partial charge is 0.477 e. The van der Waals surface area contributed by atoms with Crippen LogP contribution in [0.1, 0.15) is 10.5 Å². The molecule has 2 aromatic heterocycles. The number of hydrogen-bond donors (Lipinski definition) is 3. The fraction of sp³-hybridized carbons (Fsp3) is 0. The lowest BCUT2D eigenvalue weighted by molar-refractivity contribution is 0.0691. The lowest BCUT2D eigenvalue weighted by atomic mass is 10.4. The summed E-state index contributed by atoms with van der Waals surface area (Å²) in [5.41, 5.74) is -0.458. The SMILES string of the molecule is O=C(O)c1cc(S(=O)(=O)Nc2c(Cl)ncnc2Cl)c[nH]1. The molecule has 106 valence electrons. The van der Waals surface area contributed by atoms with Crippen LogP contribution in [0.5, 0.6) is 0 Å². The van der Waals surface area contributed by atoms with E-state index < -0.39 is 16.0 Å². The van der Waals surface area contributed by atoms with Crippen molar-refractivity contribution in [3.8, 4) is 0 Å². The molecular weight excluding hydrogens is 331 g/mol. The van der Waals surface area contributed by atoms with Gasteiger partial charge in [-0.2, -0.15) is 0 Å². The molecule has 0 saturated heterocycles. The van der Waals surface area contributed by atoms with Crippen LogP contribution in [0.3, 0.4) is 0 Å². The Kier molecular flexibility index (Phi) is 3.84. The normalized spacial score (nSPS) is 11.3. The first-order chi connectivity index (χ1) is 9.31. The van der Waals surface area contributed by atoms with E-state index in [-0.39, 0.29) is 26.6 Å². The number of halogens is 2. The summed E-state index contributed by atoms with van der Waals surface area (Å²) in [4.78, 5) is 19.9. The van der Waals surface area contributed by atoms with Gasteiger partial charge in [-0.15, -0.1) is 0 Å². The zero-order valence-electron chi connectivity index (χ0n) is 9.46. The number of rotatable bonds is 4. The van der Waals surface area contributed by atoms with E-state index in [9.17, 15) is 13.2 Å². The second kappa shape index (κ2) is 5.27. The minimum atomic E-state index is -4.06. The molecule has 0 saturated carbocycles. The molecule has 0 unspecified atom stereocenters. The molecule has 0 radical (unpaired) electrons. The van der Waals surface area contributed by atoms with Crippen LogP contribution in [0.15, 0.2) is 23.5 Å². The Labute approximate surface area is 122 Å². The van der Waals surface area contributed by atoms with Crippen molar-refractivity contribution in [2.75, 3.05) is 4.72 Å². The van der Waals surface area contributed by atoms with E-state index in [1.165, 1.54) is 0 Å². The van der Waals surface area contributed by atoms with E-state index in [4.69, 9.17) is 28.3 Å². The average Bonchev–Trinajstić information content (AvgIpc) is 2.84. The Bertz CT molecular complexity index is 754. The number of sulfonamides is 1. The van der Waals surface area contributed by atoms with Crippen LogP contribution in [-0.4, -0.2) is 34.4 Å². The molecule has 2 rings (SSSR count). The first-order valence-electron chi connectivity index (χ1n) is 4.92. The van der Waals surface area contributed by atoms with Crippen molar-refractivity contribution in [1.82, 2.24) is 15.0 Å². The van der Waals surface area contributed by atoms with Gasteiger partial charge < -0.3 is 10.1 Å². The predicted molar refractivity (Wildman–Crippen MR) is 70.6 cm³/mol. The number of nitrogens with zero attached hydrogens (tertiary/aromatic N) is 2. The van der Waals surface area contributed by atoms with Crippen LogP contribution in [-0.2, 0) is 10.0 Å². The van der Waals surface area contributed by atoms with Gasteiger partial charge in [0.15, 0.2) is 10.3 Å². The summed E-state index contributed by atoms with van der Waals surface area (Å²) in [6, 6.07) is 0.955. The number of H-pyrrole nitrogens is 1. The van der Waals surface area contributed by atoms with Crippen molar-refractivity contribution in [2.24, 2.45) is 0 Å². The maximum absolute atomic E-state index is 12.0. The maximum Gasteiger partial charge on any atom is 0.352 e. The second-order valence-corrected chi connectivity index (χ2v) is 5.89. The molecule has 0 aromatic carbocycles. The molecule has 11 heteroatoms. The summed E-state index contributed by atoms with van der Waals surface area (Å²) in [6.07, 6.45) is 2.10. The third kappa shape index (κ3) is 2.84. The summed E-state index contributed by atoms with van der Waals surface area (Å²) in [6.45, 7) is 0. The molecule has 2 heterocycles. The van der Waals surface area contributed by atoms with Gasteiger partial charge in [0.25, 0.3) is 10.0 Å². The Morgan fingerprint density at radius 1 is 1.30 bits per heavy atom. The molecule has 0 bridgehead atoms. The van der Waals surface area contributed by atoms with Crippen LogP contribution >= 0.6 is 23.2 Å². The molecule has 0 atom stereocenters. The molecule has 2 aromatic rings. The number of carboxylic acid groups (broad SMARTS) is 1. The van der Waals surface area contributed by atoms with Gasteiger partial charge in [-0.1, -0.05) is 23.2 Å². The van der Waals surface area contributed by atoms with E-state index in [2.05, 4.69) is 19.7 Å². The van der Waals surface area contributed by atoms with Crippen LogP contribution in [0.4, 0.5) is 5.69 Å². The van der Waals surface area contributed by atoms with Gasteiger partial charge in [0.2, 0.25) is 0 Å². The molecule has 8 nitrogen and oxygen atoms in total. The van der Waals surface area contributed by atoms with E-state index >= 15 is 0 Å². The summed E-state index contributed by atoms with van der Waals surface area (Å²) in [5.74, 6) is -1.29. The first-order valence-corrected chi connectivity index (χ1v) is 7.15. The third-order valence-electron chi connectivity index (χ3n) is 2.19. The summed E-state index contributed by atoms with van der Waals surface area (Å²) < 4.78 is 26.2. The molecule has 20 heavy (non-hydrogen) atoms. The third-order valence-corrected chi connectivity index (χ3v) is 4.09. The van der Waals surface area contributed by atoms with Gasteiger partial charge in [-0.25, -0.2) is 23.2 Å². The highest BCUT2D eigenvalue weighted by Gasteiger charge is 2.21. The molecule has 0 aliphatic rings. The highest BCUT2D eigenvalue weighted by Crippen LogP contribution is 2.28. The molecule has 0 aliphatic carbocycles. The minimum absolute atomic E-state index is 0.178. The number of hydrogen-bond acceptors (Lipinski definition) is 5. The van der Waals surface area contributed by atoms with Crippen molar-refractivity contribution in [3.63, 3.8) is 0 Å². The lowest BCUT2D eigenvalue weighted by Gasteiger charge is -2.08. The highest BCUT2D eigenvalue weighted by atomic mass is 35.5. The fourth-order valence-corrected chi connectivity index (χ4v) is 2.86. The van der Waals surface area contributed by atoms with Crippen LogP contribution in [0.2, 0.25) is 10.3 Å². The van der Waals surface area contributed by atoms with Crippen LogP contribution in [0, 0.1) is 0 Å². The zero-order chi connectivity index (χ0) is 14.9. The van der Waals surface area contributed by atoms with Crippen molar-refractivity contribution in [3.05, 3.63) is 34.6 Å². The van der Waals surface area contributed by atoms with Crippen LogP contribution in [0.25, 0.3) is 0 Å². The van der Waals surface area contributed by atoms with Crippen molar-refractivity contribution in [1.29, 1.82) is 0 Å². The summed E-state index contributed by atoms with van der Waals surface area (Å²) in [7, 11) is -4.06. The zero-order valence-corrected chi connectivity index (χ0v) is 11.8. The number of aromatic carboxylic acids is 1. The molecular formula is C9H6Cl2N4O4S. The van der Waals surface area contributed by atoms with E-state index in [0.717, 1.165) is 18.6 Å². The molecule has 3 N–H and O–H groups in total. The molecule has 0 amide bonds. The number of anilines is 1. The van der Waals surface area contributed by atoms with E-state index in [0.29, 0.717) is 0 Å². The number of nitrogens with one attached hydrogen (secondary N) is 2. The Hall–Kier alpha value is -1.84. The monoisotopic (exact) mass is 336 g/mol. The standard InChI is InChI=1S/C9H6Cl2N4O4S/c10-7-6(8(11)14-3-13-7)15-20(18,19)4-1-5(9(16)17)12-2-4/h1-3,12,15H,(H,16,17). The van der Waals surface area contributed by atoms with Gasteiger partial charge in [-0.05, 0) is 6.07 Å². The van der Waals surface area contributed by atoms with Crippen molar-refractivity contribution < 1.29 is 18.3 Å². The van der Waals surface area contributed by atoms with Gasteiger partial charge >= 0.3 is 5.97 Å². The first kappa shape index (κ1) is 14.6.